The van der Waals surface area contributed by atoms with E-state index in [4.69, 9.17) is 5.73 Å². The van der Waals surface area contributed by atoms with E-state index >= 15 is 0 Å². The number of para-hydroxylation sites is 2. The van der Waals surface area contributed by atoms with E-state index in [2.05, 4.69) is 20.6 Å². The van der Waals surface area contributed by atoms with Crippen molar-refractivity contribution in [2.45, 2.75) is 70.0 Å². The number of benzene rings is 2. The van der Waals surface area contributed by atoms with Gasteiger partial charge in [0, 0.05) is 47.0 Å². The molecule has 37 heavy (non-hydrogen) atoms. The zero-order valence-corrected chi connectivity index (χ0v) is 21.3. The molecule has 1 saturated carbocycles. The van der Waals surface area contributed by atoms with Gasteiger partial charge in [0.25, 0.3) is 0 Å². The average Bonchev–Trinajstić information content (AvgIpc) is 3.52. The van der Waals surface area contributed by atoms with E-state index in [1.807, 2.05) is 60.9 Å². The Morgan fingerprint density at radius 3 is 2.08 bits per heavy atom. The third-order valence-electron chi connectivity index (χ3n) is 7.71. The first-order valence-corrected chi connectivity index (χ1v) is 13.5. The summed E-state index contributed by atoms with van der Waals surface area (Å²) in [7, 11) is 0. The Labute approximate surface area is 217 Å². The molecule has 1 aliphatic rings. The molecule has 2 aromatic carbocycles. The molecule has 6 N–H and O–H groups in total. The Balaban J connectivity index is 1.25. The zero-order chi connectivity index (χ0) is 25.6. The Hall–Kier alpha value is -3.58. The molecule has 7 nitrogen and oxygen atoms in total. The van der Waals surface area contributed by atoms with Crippen LogP contribution in [0, 0.1) is 5.92 Å². The molecule has 2 amide bonds. The molecule has 4 aromatic rings. The van der Waals surface area contributed by atoms with Crippen molar-refractivity contribution in [1.29, 1.82) is 0 Å². The van der Waals surface area contributed by atoms with Gasteiger partial charge in [-0.2, -0.15) is 0 Å². The normalized spacial score (nSPS) is 16.0. The highest BCUT2D eigenvalue weighted by atomic mass is 16.2. The summed E-state index contributed by atoms with van der Waals surface area (Å²) in [4.78, 5) is 32.6. The first-order chi connectivity index (χ1) is 18.1. The van der Waals surface area contributed by atoms with Crippen LogP contribution in [0.2, 0.25) is 0 Å². The predicted octanol–water partition coefficient (Wildman–Crippen LogP) is 4.68. The van der Waals surface area contributed by atoms with Crippen LogP contribution in [0.25, 0.3) is 21.8 Å². The lowest BCUT2D eigenvalue weighted by Gasteiger charge is -2.24. The molecule has 2 atom stereocenters. The molecule has 0 radical (unpaired) electrons. The maximum atomic E-state index is 13.2. The van der Waals surface area contributed by atoms with Gasteiger partial charge in [-0.25, -0.2) is 0 Å². The summed E-state index contributed by atoms with van der Waals surface area (Å²) in [5, 5.41) is 8.27. The molecule has 2 heterocycles. The maximum absolute atomic E-state index is 13.2. The fourth-order valence-corrected chi connectivity index (χ4v) is 5.64. The number of carbonyl (C=O) groups excluding carboxylic acids is 2. The van der Waals surface area contributed by atoms with Crippen molar-refractivity contribution in [2.24, 2.45) is 11.7 Å². The van der Waals surface area contributed by atoms with Crippen LogP contribution in [0.3, 0.4) is 0 Å². The molecule has 5 rings (SSSR count). The van der Waals surface area contributed by atoms with E-state index in [1.54, 1.807) is 0 Å². The highest BCUT2D eigenvalue weighted by molar-refractivity contribution is 5.87. The second kappa shape index (κ2) is 11.6. The van der Waals surface area contributed by atoms with Crippen LogP contribution in [-0.4, -0.2) is 34.0 Å². The molecule has 1 aliphatic carbocycles. The van der Waals surface area contributed by atoms with Gasteiger partial charge in [-0.05, 0) is 42.0 Å². The number of aromatic amines is 2. The van der Waals surface area contributed by atoms with Gasteiger partial charge in [0.05, 0.1) is 6.04 Å². The minimum absolute atomic E-state index is 0.0269. The Kier molecular flexibility index (Phi) is 7.90. The fraction of sp³-hybridized carbons (Fsp3) is 0.400. The van der Waals surface area contributed by atoms with Crippen LogP contribution in [-0.2, 0) is 22.4 Å². The summed E-state index contributed by atoms with van der Waals surface area (Å²) >= 11 is 0. The molecule has 0 bridgehead atoms. The minimum atomic E-state index is -0.733. The zero-order valence-electron chi connectivity index (χ0n) is 21.3. The van der Waals surface area contributed by atoms with Crippen LogP contribution in [0.1, 0.15) is 56.1 Å². The molecule has 0 unspecified atom stereocenters. The summed E-state index contributed by atoms with van der Waals surface area (Å²) in [6.45, 7) is 0. The van der Waals surface area contributed by atoms with Gasteiger partial charge < -0.3 is 26.3 Å². The Bertz CT molecular complexity index is 1350. The molecule has 2 aromatic heterocycles. The van der Waals surface area contributed by atoms with E-state index in [0.717, 1.165) is 39.4 Å². The van der Waals surface area contributed by atoms with E-state index in [9.17, 15) is 9.59 Å². The summed E-state index contributed by atoms with van der Waals surface area (Å²) < 4.78 is 0. The molecule has 0 saturated heterocycles. The van der Waals surface area contributed by atoms with Crippen LogP contribution in [0.4, 0.5) is 0 Å². The smallest absolute Gasteiger partial charge is 0.238 e. The SMILES string of the molecule is N[C@H](Cc1c[nH]c2ccccc12)C(=O)N[C@H](Cc1c[nH]c2ccccc12)NC(=O)CCC1CCCCC1. The molecule has 1 fully saturated rings. The number of hydrogen-bond donors (Lipinski definition) is 5. The lowest BCUT2D eigenvalue weighted by atomic mass is 9.86. The summed E-state index contributed by atoms with van der Waals surface area (Å²) in [6, 6.07) is 15.3. The highest BCUT2D eigenvalue weighted by Gasteiger charge is 2.23. The van der Waals surface area contributed by atoms with Gasteiger partial charge >= 0.3 is 0 Å². The molecular weight excluding hydrogens is 462 g/mol. The second-order valence-corrected chi connectivity index (χ2v) is 10.4. The lowest BCUT2D eigenvalue weighted by molar-refractivity contribution is -0.125. The quantitative estimate of drug-likeness (QED) is 0.204. The van der Waals surface area contributed by atoms with Crippen LogP contribution in [0.5, 0.6) is 0 Å². The monoisotopic (exact) mass is 499 g/mol. The van der Waals surface area contributed by atoms with Crippen LogP contribution in [0.15, 0.2) is 60.9 Å². The van der Waals surface area contributed by atoms with Crippen LogP contribution < -0.4 is 16.4 Å². The van der Waals surface area contributed by atoms with Crippen LogP contribution >= 0.6 is 0 Å². The third-order valence-corrected chi connectivity index (χ3v) is 7.71. The molecule has 0 aliphatic heterocycles. The second-order valence-electron chi connectivity index (χ2n) is 10.4. The minimum Gasteiger partial charge on any atom is -0.361 e. The van der Waals surface area contributed by atoms with Crippen molar-refractivity contribution in [3.05, 3.63) is 72.1 Å². The van der Waals surface area contributed by atoms with Gasteiger partial charge in [-0.3, -0.25) is 9.59 Å². The predicted molar refractivity (Wildman–Crippen MR) is 148 cm³/mol. The first-order valence-electron chi connectivity index (χ1n) is 13.5. The van der Waals surface area contributed by atoms with Crippen molar-refractivity contribution in [3.8, 4) is 0 Å². The Morgan fingerprint density at radius 1 is 0.838 bits per heavy atom. The Morgan fingerprint density at radius 2 is 1.43 bits per heavy atom. The van der Waals surface area contributed by atoms with Gasteiger partial charge in [0.15, 0.2) is 0 Å². The van der Waals surface area contributed by atoms with E-state index in [-0.39, 0.29) is 11.8 Å². The number of hydrogen-bond acceptors (Lipinski definition) is 3. The molecule has 0 spiro atoms. The molecular formula is C30H37N5O2. The van der Waals surface area contributed by atoms with Gasteiger partial charge in [-0.15, -0.1) is 0 Å². The number of aromatic nitrogens is 2. The molecule has 194 valence electrons. The summed E-state index contributed by atoms with van der Waals surface area (Å²) in [5.41, 5.74) is 10.4. The highest BCUT2D eigenvalue weighted by Crippen LogP contribution is 2.27. The van der Waals surface area contributed by atoms with Crippen molar-refractivity contribution in [2.75, 3.05) is 0 Å². The van der Waals surface area contributed by atoms with E-state index in [1.165, 1.54) is 32.1 Å². The largest absolute Gasteiger partial charge is 0.361 e. The lowest BCUT2D eigenvalue weighted by Crippen LogP contribution is -2.54. The average molecular weight is 500 g/mol. The standard InChI is InChI=1S/C30H37N5O2/c31-25(16-21-18-32-26-12-6-4-10-23(21)26)30(37)35-28(17-22-19-33-27-13-7-5-11-24(22)27)34-29(36)15-14-20-8-2-1-3-9-20/h4-7,10-13,18-20,25,28,32-33H,1-3,8-9,14-17,31H2,(H,34,36)(H,35,37)/t25-,28-/m1/s1. The van der Waals surface area contributed by atoms with Crippen molar-refractivity contribution >= 4 is 33.6 Å². The first kappa shape index (κ1) is 25.1. The maximum Gasteiger partial charge on any atom is 0.238 e. The fourth-order valence-electron chi connectivity index (χ4n) is 5.64. The molecule has 7 heteroatoms. The number of H-pyrrole nitrogens is 2. The number of amides is 2. The van der Waals surface area contributed by atoms with Gasteiger partial charge in [-0.1, -0.05) is 68.5 Å². The van der Waals surface area contributed by atoms with E-state index in [0.29, 0.717) is 25.2 Å². The topological polar surface area (TPSA) is 116 Å². The van der Waals surface area contributed by atoms with Crippen molar-refractivity contribution < 1.29 is 9.59 Å². The number of fused-ring (bicyclic) bond motifs is 2. The number of nitrogens with two attached hydrogens (primary N) is 1. The van der Waals surface area contributed by atoms with Gasteiger partial charge in [0.2, 0.25) is 11.8 Å². The number of nitrogens with one attached hydrogen (secondary N) is 4. The van der Waals surface area contributed by atoms with Crippen molar-refractivity contribution in [1.82, 2.24) is 20.6 Å². The number of rotatable bonds is 10. The number of carbonyl (C=O) groups is 2. The van der Waals surface area contributed by atoms with E-state index < -0.39 is 12.2 Å². The summed E-state index contributed by atoms with van der Waals surface area (Å²) in [6.07, 6.45) is 11.8. The third kappa shape index (κ3) is 6.23. The van der Waals surface area contributed by atoms with Crippen molar-refractivity contribution in [3.63, 3.8) is 0 Å². The summed E-state index contributed by atoms with van der Waals surface area (Å²) in [5.74, 6) is 0.328. The van der Waals surface area contributed by atoms with Gasteiger partial charge in [0.1, 0.15) is 6.17 Å².